The molecule has 0 spiro atoms. The number of nitrogens with zero attached hydrogens (tertiary/aromatic N) is 2. The molecule has 1 heterocycles. The fraction of sp³-hybridized carbons (Fsp3) is 0.312. The zero-order chi connectivity index (χ0) is 14.0. The number of hydrogen-bond donors (Lipinski definition) is 1. The molecule has 0 amide bonds. The van der Waals surface area contributed by atoms with E-state index in [-0.39, 0.29) is 0 Å². The normalized spacial score (nSPS) is 12.3. The Bertz CT molecular complexity index is 561. The maximum Gasteiger partial charge on any atom is 0.0931 e. The van der Waals surface area contributed by atoms with Gasteiger partial charge in [-0.2, -0.15) is 0 Å². The van der Waals surface area contributed by atoms with Crippen LogP contribution in [0.2, 0.25) is 0 Å². The van der Waals surface area contributed by atoms with Crippen LogP contribution in [0.1, 0.15) is 29.8 Å². The molecule has 2 aromatic rings. The number of aliphatic hydroxyl groups excluding tert-OH is 1. The molecule has 0 fully saturated rings. The minimum atomic E-state index is -0.527. The van der Waals surface area contributed by atoms with E-state index in [1.54, 1.807) is 13.1 Å². The summed E-state index contributed by atoms with van der Waals surface area (Å²) >= 11 is 0. The van der Waals surface area contributed by atoms with Gasteiger partial charge in [0.1, 0.15) is 0 Å². The molecule has 0 aliphatic heterocycles. The third-order valence-electron chi connectivity index (χ3n) is 3.30. The fourth-order valence-electron chi connectivity index (χ4n) is 2.16. The van der Waals surface area contributed by atoms with Crippen molar-refractivity contribution in [3.63, 3.8) is 0 Å². The number of pyridine rings is 1. The van der Waals surface area contributed by atoms with Gasteiger partial charge in [0.2, 0.25) is 0 Å². The molecular weight excluding hydrogens is 236 g/mol. The van der Waals surface area contributed by atoms with Crippen molar-refractivity contribution < 1.29 is 5.11 Å². The van der Waals surface area contributed by atoms with Gasteiger partial charge in [-0.05, 0) is 44.5 Å². The van der Waals surface area contributed by atoms with Crippen molar-refractivity contribution in [3.05, 3.63) is 53.3 Å². The summed E-state index contributed by atoms with van der Waals surface area (Å²) < 4.78 is 0. The zero-order valence-corrected chi connectivity index (χ0v) is 11.9. The highest BCUT2D eigenvalue weighted by Crippen LogP contribution is 2.27. The van der Waals surface area contributed by atoms with Crippen LogP contribution in [0.5, 0.6) is 0 Å². The van der Waals surface area contributed by atoms with Crippen molar-refractivity contribution in [2.75, 3.05) is 11.9 Å². The van der Waals surface area contributed by atoms with Crippen molar-refractivity contribution in [1.82, 2.24) is 4.98 Å². The summed E-state index contributed by atoms with van der Waals surface area (Å²) in [6.07, 6.45) is 1.27. The summed E-state index contributed by atoms with van der Waals surface area (Å²) in [5.41, 5.74) is 5.37. The van der Waals surface area contributed by atoms with E-state index >= 15 is 0 Å². The molecular formula is C16H20N2O. The molecule has 0 saturated carbocycles. The Morgan fingerprint density at radius 3 is 2.42 bits per heavy atom. The van der Waals surface area contributed by atoms with E-state index in [1.807, 2.05) is 19.2 Å². The van der Waals surface area contributed by atoms with Gasteiger partial charge in [0.25, 0.3) is 0 Å². The minimum absolute atomic E-state index is 0.527. The molecule has 0 radical (unpaired) electrons. The van der Waals surface area contributed by atoms with Crippen molar-refractivity contribution in [1.29, 1.82) is 0 Å². The summed E-state index contributed by atoms with van der Waals surface area (Å²) in [7, 11) is 2.02. The number of anilines is 2. The van der Waals surface area contributed by atoms with Crippen LogP contribution >= 0.6 is 0 Å². The monoisotopic (exact) mass is 256 g/mol. The standard InChI is InChI=1S/C16H20N2O/c1-11-5-8-16(12(2)9-11)18(4)14-6-7-15(13(3)19)17-10-14/h5-10,13,19H,1-4H3/t13-/m0/s1. The molecule has 19 heavy (non-hydrogen) atoms. The van der Waals surface area contributed by atoms with Crippen molar-refractivity contribution in [2.45, 2.75) is 26.9 Å². The van der Waals surface area contributed by atoms with Crippen LogP contribution in [0.15, 0.2) is 36.5 Å². The Labute approximate surface area is 114 Å². The largest absolute Gasteiger partial charge is 0.387 e. The molecule has 3 heteroatoms. The average molecular weight is 256 g/mol. The lowest BCUT2D eigenvalue weighted by atomic mass is 10.1. The predicted octanol–water partition coefficient (Wildman–Crippen LogP) is 3.52. The summed E-state index contributed by atoms with van der Waals surface area (Å²) in [4.78, 5) is 6.39. The Kier molecular flexibility index (Phi) is 3.86. The first kappa shape index (κ1) is 13.6. The lowest BCUT2D eigenvalue weighted by molar-refractivity contribution is 0.194. The minimum Gasteiger partial charge on any atom is -0.387 e. The highest BCUT2D eigenvalue weighted by atomic mass is 16.3. The van der Waals surface area contributed by atoms with Gasteiger partial charge in [0.15, 0.2) is 0 Å². The molecule has 0 unspecified atom stereocenters. The molecule has 1 aromatic heterocycles. The second kappa shape index (κ2) is 5.41. The van der Waals surface area contributed by atoms with E-state index in [0.717, 1.165) is 11.4 Å². The molecule has 1 atom stereocenters. The maximum atomic E-state index is 9.47. The van der Waals surface area contributed by atoms with Crippen LogP contribution in [0.3, 0.4) is 0 Å². The van der Waals surface area contributed by atoms with Crippen LogP contribution < -0.4 is 4.90 Å². The van der Waals surface area contributed by atoms with E-state index < -0.39 is 6.10 Å². The summed E-state index contributed by atoms with van der Waals surface area (Å²) in [5.74, 6) is 0. The Morgan fingerprint density at radius 1 is 1.16 bits per heavy atom. The first-order valence-corrected chi connectivity index (χ1v) is 6.44. The zero-order valence-electron chi connectivity index (χ0n) is 11.9. The van der Waals surface area contributed by atoms with Crippen molar-refractivity contribution in [3.8, 4) is 0 Å². The number of hydrogen-bond acceptors (Lipinski definition) is 3. The second-order valence-corrected chi connectivity index (χ2v) is 4.97. The number of benzene rings is 1. The lowest BCUT2D eigenvalue weighted by Gasteiger charge is -2.22. The number of aryl methyl sites for hydroxylation is 2. The van der Waals surface area contributed by atoms with E-state index in [4.69, 9.17) is 0 Å². The SMILES string of the molecule is Cc1ccc(N(C)c2ccc([C@H](C)O)nc2)c(C)c1. The van der Waals surface area contributed by atoms with Crippen LogP contribution in [0.4, 0.5) is 11.4 Å². The molecule has 0 aliphatic rings. The van der Waals surface area contributed by atoms with E-state index in [9.17, 15) is 5.11 Å². The van der Waals surface area contributed by atoms with Crippen LogP contribution in [0, 0.1) is 13.8 Å². The predicted molar refractivity (Wildman–Crippen MR) is 78.8 cm³/mol. The van der Waals surface area contributed by atoms with Gasteiger partial charge in [-0.3, -0.25) is 4.98 Å². The lowest BCUT2D eigenvalue weighted by Crippen LogP contribution is -2.11. The van der Waals surface area contributed by atoms with Crippen LogP contribution in [0.25, 0.3) is 0 Å². The molecule has 1 N–H and O–H groups in total. The van der Waals surface area contributed by atoms with E-state index in [0.29, 0.717) is 5.69 Å². The first-order chi connectivity index (χ1) is 8.99. The molecule has 0 saturated heterocycles. The second-order valence-electron chi connectivity index (χ2n) is 4.97. The third-order valence-corrected chi connectivity index (χ3v) is 3.30. The summed E-state index contributed by atoms with van der Waals surface area (Å²) in [5, 5.41) is 9.47. The van der Waals surface area contributed by atoms with Gasteiger partial charge in [0.05, 0.1) is 23.7 Å². The smallest absolute Gasteiger partial charge is 0.0931 e. The quantitative estimate of drug-likeness (QED) is 0.912. The van der Waals surface area contributed by atoms with E-state index in [2.05, 4.69) is 41.9 Å². The van der Waals surface area contributed by atoms with E-state index in [1.165, 1.54) is 11.1 Å². The molecule has 1 aromatic carbocycles. The van der Waals surface area contributed by atoms with Crippen LogP contribution in [-0.4, -0.2) is 17.1 Å². The van der Waals surface area contributed by atoms with Crippen molar-refractivity contribution in [2.24, 2.45) is 0 Å². The molecule has 100 valence electrons. The number of aromatic nitrogens is 1. The maximum absolute atomic E-state index is 9.47. The topological polar surface area (TPSA) is 36.4 Å². The summed E-state index contributed by atoms with van der Waals surface area (Å²) in [6.45, 7) is 5.92. The number of rotatable bonds is 3. The molecule has 0 aliphatic carbocycles. The van der Waals surface area contributed by atoms with Gasteiger partial charge in [0, 0.05) is 12.7 Å². The third kappa shape index (κ3) is 2.93. The van der Waals surface area contributed by atoms with Gasteiger partial charge < -0.3 is 10.0 Å². The Hall–Kier alpha value is -1.87. The van der Waals surface area contributed by atoms with Gasteiger partial charge in [-0.1, -0.05) is 17.7 Å². The van der Waals surface area contributed by atoms with Gasteiger partial charge in [-0.25, -0.2) is 0 Å². The summed E-state index contributed by atoms with van der Waals surface area (Å²) in [6, 6.07) is 10.2. The Balaban J connectivity index is 2.30. The van der Waals surface area contributed by atoms with Crippen LogP contribution in [-0.2, 0) is 0 Å². The molecule has 3 nitrogen and oxygen atoms in total. The highest BCUT2D eigenvalue weighted by Gasteiger charge is 2.08. The fourth-order valence-corrected chi connectivity index (χ4v) is 2.16. The first-order valence-electron chi connectivity index (χ1n) is 6.44. The number of aliphatic hydroxyl groups is 1. The van der Waals surface area contributed by atoms with Crippen molar-refractivity contribution >= 4 is 11.4 Å². The molecule has 0 bridgehead atoms. The average Bonchev–Trinajstić information content (AvgIpc) is 2.38. The molecule has 2 rings (SSSR count). The van der Waals surface area contributed by atoms with Gasteiger partial charge in [-0.15, -0.1) is 0 Å². The highest BCUT2D eigenvalue weighted by molar-refractivity contribution is 5.65. The Morgan fingerprint density at radius 2 is 1.89 bits per heavy atom. The van der Waals surface area contributed by atoms with Gasteiger partial charge >= 0.3 is 0 Å².